The summed E-state index contributed by atoms with van der Waals surface area (Å²) in [6.07, 6.45) is 5.73. The molecule has 3 rings (SSSR count). The number of hydrogen-bond acceptors (Lipinski definition) is 4. The second-order valence-electron chi connectivity index (χ2n) is 5.53. The summed E-state index contributed by atoms with van der Waals surface area (Å²) >= 11 is 0. The summed E-state index contributed by atoms with van der Waals surface area (Å²) in [6.45, 7) is 4.62. The van der Waals surface area contributed by atoms with E-state index < -0.39 is 0 Å². The van der Waals surface area contributed by atoms with E-state index in [4.69, 9.17) is 4.74 Å². The van der Waals surface area contributed by atoms with Crippen molar-refractivity contribution in [3.05, 3.63) is 36.3 Å². The molecule has 118 valence electrons. The summed E-state index contributed by atoms with van der Waals surface area (Å²) in [6, 6.07) is 6.35. The summed E-state index contributed by atoms with van der Waals surface area (Å²) in [5.41, 5.74) is 2.06. The van der Waals surface area contributed by atoms with Gasteiger partial charge in [-0.25, -0.2) is 9.78 Å². The van der Waals surface area contributed by atoms with E-state index in [1.54, 1.807) is 4.90 Å². The first-order chi connectivity index (χ1) is 10.8. The third-order valence-electron chi connectivity index (χ3n) is 3.94. The summed E-state index contributed by atoms with van der Waals surface area (Å²) in [5, 5.41) is 3.50. The Morgan fingerprint density at radius 1 is 1.50 bits per heavy atom. The lowest BCUT2D eigenvalue weighted by Crippen LogP contribution is -2.36. The van der Waals surface area contributed by atoms with E-state index in [9.17, 15) is 4.79 Å². The third kappa shape index (κ3) is 3.39. The molecule has 3 heterocycles. The number of carbonyl (C=O) groups is 1. The number of carbonyl (C=O) groups excluding carboxylic acids is 1. The predicted octanol–water partition coefficient (Wildman–Crippen LogP) is 1.70. The average Bonchev–Trinajstić information content (AvgIpc) is 3.13. The molecule has 1 aliphatic heterocycles. The summed E-state index contributed by atoms with van der Waals surface area (Å²) in [7, 11) is 0. The standard InChI is InChI=1S/C16H22N4O2/c1-2-22-16(21)20-10-7-13(11-20)17-8-6-14-12-19-9-4-3-5-15(19)18-14/h3-5,9,12-13,17H,2,6-8,10-11H2,1H3/t13-/m0/s1. The molecule has 6 heteroatoms. The Bertz CT molecular complexity index is 607. The zero-order chi connectivity index (χ0) is 15.4. The number of likely N-dealkylation sites (tertiary alicyclic amines) is 1. The molecular weight excluding hydrogens is 280 g/mol. The number of fused-ring (bicyclic) bond motifs is 1. The largest absolute Gasteiger partial charge is 0.450 e. The van der Waals surface area contributed by atoms with Crippen LogP contribution in [0.1, 0.15) is 19.0 Å². The molecule has 2 aromatic heterocycles. The Morgan fingerprint density at radius 2 is 2.41 bits per heavy atom. The number of aromatic nitrogens is 2. The van der Waals surface area contributed by atoms with Crippen molar-refractivity contribution in [1.29, 1.82) is 0 Å². The molecular formula is C16H22N4O2. The second kappa shape index (κ2) is 6.79. The molecule has 0 aromatic carbocycles. The second-order valence-corrected chi connectivity index (χ2v) is 5.53. The molecule has 0 unspecified atom stereocenters. The highest BCUT2D eigenvalue weighted by Crippen LogP contribution is 2.11. The average molecular weight is 302 g/mol. The number of rotatable bonds is 5. The van der Waals surface area contributed by atoms with Crippen LogP contribution < -0.4 is 5.32 Å². The van der Waals surface area contributed by atoms with E-state index in [1.807, 2.05) is 35.7 Å². The van der Waals surface area contributed by atoms with Crippen LogP contribution >= 0.6 is 0 Å². The fourth-order valence-corrected chi connectivity index (χ4v) is 2.82. The first kappa shape index (κ1) is 14.8. The van der Waals surface area contributed by atoms with Crippen LogP contribution in [0.5, 0.6) is 0 Å². The quantitative estimate of drug-likeness (QED) is 0.913. The van der Waals surface area contributed by atoms with Gasteiger partial charge in [0.15, 0.2) is 0 Å². The molecule has 0 aliphatic carbocycles. The van der Waals surface area contributed by atoms with Gasteiger partial charge in [-0.15, -0.1) is 0 Å². The van der Waals surface area contributed by atoms with Crippen LogP contribution in [0, 0.1) is 0 Å². The summed E-state index contributed by atoms with van der Waals surface area (Å²) in [4.78, 5) is 18.0. The Kier molecular flexibility index (Phi) is 4.58. The van der Waals surface area contributed by atoms with E-state index in [1.165, 1.54) is 0 Å². The maximum absolute atomic E-state index is 11.6. The van der Waals surface area contributed by atoms with Gasteiger partial charge >= 0.3 is 6.09 Å². The molecule has 1 aliphatic rings. The Morgan fingerprint density at radius 3 is 3.23 bits per heavy atom. The van der Waals surface area contributed by atoms with Crippen molar-refractivity contribution < 1.29 is 9.53 Å². The molecule has 22 heavy (non-hydrogen) atoms. The minimum absolute atomic E-state index is 0.202. The highest BCUT2D eigenvalue weighted by molar-refractivity contribution is 5.68. The van der Waals surface area contributed by atoms with Gasteiger partial charge in [-0.1, -0.05) is 6.07 Å². The zero-order valence-electron chi connectivity index (χ0n) is 12.9. The number of hydrogen-bond donors (Lipinski definition) is 1. The van der Waals surface area contributed by atoms with Gasteiger partial charge in [-0.05, 0) is 25.5 Å². The summed E-state index contributed by atoms with van der Waals surface area (Å²) < 4.78 is 7.06. The van der Waals surface area contributed by atoms with Crippen molar-refractivity contribution in [2.24, 2.45) is 0 Å². The maximum Gasteiger partial charge on any atom is 0.409 e. The van der Waals surface area contributed by atoms with Crippen molar-refractivity contribution in [2.75, 3.05) is 26.2 Å². The lowest BCUT2D eigenvalue weighted by atomic mass is 10.2. The lowest BCUT2D eigenvalue weighted by molar-refractivity contribution is 0.115. The van der Waals surface area contributed by atoms with Crippen molar-refractivity contribution in [3.63, 3.8) is 0 Å². The van der Waals surface area contributed by atoms with E-state index in [-0.39, 0.29) is 6.09 Å². The van der Waals surface area contributed by atoms with E-state index >= 15 is 0 Å². The normalized spacial score (nSPS) is 18.0. The third-order valence-corrected chi connectivity index (χ3v) is 3.94. The molecule has 0 saturated carbocycles. The van der Waals surface area contributed by atoms with Crippen LogP contribution in [0.25, 0.3) is 5.65 Å². The van der Waals surface area contributed by atoms with E-state index in [0.717, 1.165) is 43.8 Å². The number of imidazole rings is 1. The van der Waals surface area contributed by atoms with Gasteiger partial charge in [0.2, 0.25) is 0 Å². The molecule has 1 N–H and O–H groups in total. The fraction of sp³-hybridized carbons (Fsp3) is 0.500. The van der Waals surface area contributed by atoms with Crippen LogP contribution in [0.4, 0.5) is 4.79 Å². The molecule has 0 spiro atoms. The van der Waals surface area contributed by atoms with Gasteiger partial charge in [-0.3, -0.25) is 0 Å². The zero-order valence-corrected chi connectivity index (χ0v) is 12.9. The highest BCUT2D eigenvalue weighted by atomic mass is 16.6. The maximum atomic E-state index is 11.6. The van der Waals surface area contributed by atoms with Crippen LogP contribution in [0.3, 0.4) is 0 Å². The monoisotopic (exact) mass is 302 g/mol. The van der Waals surface area contributed by atoms with Crippen molar-refractivity contribution in [2.45, 2.75) is 25.8 Å². The number of nitrogens with one attached hydrogen (secondary N) is 1. The number of amides is 1. The molecule has 1 atom stereocenters. The summed E-state index contributed by atoms with van der Waals surface area (Å²) in [5.74, 6) is 0. The van der Waals surface area contributed by atoms with Gasteiger partial charge in [0.25, 0.3) is 0 Å². The molecule has 1 amide bonds. The van der Waals surface area contributed by atoms with Gasteiger partial charge in [0.05, 0.1) is 12.3 Å². The number of ether oxygens (including phenoxy) is 1. The SMILES string of the molecule is CCOC(=O)N1CC[C@H](NCCc2cn3ccccc3n2)C1. The first-order valence-corrected chi connectivity index (χ1v) is 7.84. The molecule has 1 fully saturated rings. The van der Waals surface area contributed by atoms with Gasteiger partial charge in [0.1, 0.15) is 5.65 Å². The highest BCUT2D eigenvalue weighted by Gasteiger charge is 2.26. The topological polar surface area (TPSA) is 58.9 Å². The van der Waals surface area contributed by atoms with Gasteiger partial charge in [-0.2, -0.15) is 0 Å². The first-order valence-electron chi connectivity index (χ1n) is 7.84. The molecule has 2 aromatic rings. The van der Waals surface area contributed by atoms with Gasteiger partial charge < -0.3 is 19.4 Å². The van der Waals surface area contributed by atoms with Crippen molar-refractivity contribution >= 4 is 11.7 Å². The Hall–Kier alpha value is -2.08. The fourth-order valence-electron chi connectivity index (χ4n) is 2.82. The van der Waals surface area contributed by atoms with Crippen molar-refractivity contribution in [3.8, 4) is 0 Å². The van der Waals surface area contributed by atoms with Crippen LogP contribution in [0.15, 0.2) is 30.6 Å². The number of nitrogens with zero attached hydrogens (tertiary/aromatic N) is 3. The van der Waals surface area contributed by atoms with Crippen LogP contribution in [-0.2, 0) is 11.2 Å². The molecule has 1 saturated heterocycles. The molecule has 0 radical (unpaired) electrons. The van der Waals surface area contributed by atoms with E-state index in [0.29, 0.717) is 12.6 Å². The van der Waals surface area contributed by atoms with Crippen LogP contribution in [-0.4, -0.2) is 52.7 Å². The van der Waals surface area contributed by atoms with E-state index in [2.05, 4.69) is 16.5 Å². The van der Waals surface area contributed by atoms with Crippen LogP contribution in [0.2, 0.25) is 0 Å². The predicted molar refractivity (Wildman–Crippen MR) is 83.9 cm³/mol. The minimum Gasteiger partial charge on any atom is -0.450 e. The Labute approximate surface area is 130 Å². The van der Waals surface area contributed by atoms with Crippen molar-refractivity contribution in [1.82, 2.24) is 19.6 Å². The molecule has 6 nitrogen and oxygen atoms in total. The lowest BCUT2D eigenvalue weighted by Gasteiger charge is -2.16. The molecule has 0 bridgehead atoms. The number of pyridine rings is 1. The van der Waals surface area contributed by atoms with Gasteiger partial charge in [0, 0.05) is 44.5 Å². The smallest absolute Gasteiger partial charge is 0.409 e. The Balaban J connectivity index is 1.44. The minimum atomic E-state index is -0.202.